The van der Waals surface area contributed by atoms with Gasteiger partial charge in [-0.3, -0.25) is 0 Å². The van der Waals surface area contributed by atoms with Gasteiger partial charge < -0.3 is 5.32 Å². The summed E-state index contributed by atoms with van der Waals surface area (Å²) in [6.07, 6.45) is 1.72. The fourth-order valence-corrected chi connectivity index (χ4v) is 3.17. The van der Waals surface area contributed by atoms with Gasteiger partial charge in [0.05, 0.1) is 5.25 Å². The van der Waals surface area contributed by atoms with E-state index in [0.29, 0.717) is 6.54 Å². The van der Waals surface area contributed by atoms with Gasteiger partial charge in [-0.25, -0.2) is 13.1 Å². The van der Waals surface area contributed by atoms with Crippen LogP contribution in [0, 0.1) is 0 Å². The maximum atomic E-state index is 11.6. The summed E-state index contributed by atoms with van der Waals surface area (Å²) in [5.74, 6) is 0. The van der Waals surface area contributed by atoms with E-state index < -0.39 is 10.0 Å². The summed E-state index contributed by atoms with van der Waals surface area (Å²) in [5, 5.41) is 2.85. The fourth-order valence-electron chi connectivity index (χ4n) is 1.51. The third kappa shape index (κ3) is 3.25. The van der Waals surface area contributed by atoms with Gasteiger partial charge in [-0.2, -0.15) is 0 Å². The zero-order chi connectivity index (χ0) is 9.90. The molecule has 0 radical (unpaired) electrons. The molecule has 0 aliphatic carbocycles. The monoisotopic (exact) mass is 206 g/mol. The van der Waals surface area contributed by atoms with E-state index in [4.69, 9.17) is 0 Å². The SMILES string of the molecule is CC(C)NS(=O)(=O)C1CCCNC1. The highest BCUT2D eigenvalue weighted by atomic mass is 32.2. The van der Waals surface area contributed by atoms with Crippen LogP contribution >= 0.6 is 0 Å². The van der Waals surface area contributed by atoms with Crippen molar-refractivity contribution < 1.29 is 8.42 Å². The van der Waals surface area contributed by atoms with Gasteiger partial charge in [0, 0.05) is 12.6 Å². The van der Waals surface area contributed by atoms with Gasteiger partial charge in [0.2, 0.25) is 10.0 Å². The first kappa shape index (κ1) is 10.9. The van der Waals surface area contributed by atoms with Gasteiger partial charge in [0.25, 0.3) is 0 Å². The van der Waals surface area contributed by atoms with Gasteiger partial charge in [0.1, 0.15) is 0 Å². The van der Waals surface area contributed by atoms with E-state index in [9.17, 15) is 8.42 Å². The Balaban J connectivity index is 2.57. The highest BCUT2D eigenvalue weighted by molar-refractivity contribution is 7.90. The van der Waals surface area contributed by atoms with Crippen LogP contribution in [-0.2, 0) is 10.0 Å². The number of sulfonamides is 1. The molecule has 1 heterocycles. The van der Waals surface area contributed by atoms with Gasteiger partial charge in [-0.05, 0) is 33.2 Å². The smallest absolute Gasteiger partial charge is 0.215 e. The molecular formula is C8H18N2O2S. The average molecular weight is 206 g/mol. The Hall–Kier alpha value is -0.130. The number of nitrogens with one attached hydrogen (secondary N) is 2. The van der Waals surface area contributed by atoms with Crippen molar-refractivity contribution in [1.82, 2.24) is 10.0 Å². The molecule has 0 amide bonds. The summed E-state index contributed by atoms with van der Waals surface area (Å²) in [5.41, 5.74) is 0. The molecule has 1 fully saturated rings. The van der Waals surface area contributed by atoms with Gasteiger partial charge in [-0.1, -0.05) is 0 Å². The second-order valence-corrected chi connectivity index (χ2v) is 5.78. The Morgan fingerprint density at radius 3 is 2.62 bits per heavy atom. The molecule has 4 nitrogen and oxygen atoms in total. The largest absolute Gasteiger partial charge is 0.315 e. The maximum absolute atomic E-state index is 11.6. The number of piperidine rings is 1. The summed E-state index contributed by atoms with van der Waals surface area (Å²) in [7, 11) is -3.10. The van der Waals surface area contributed by atoms with E-state index in [-0.39, 0.29) is 11.3 Å². The van der Waals surface area contributed by atoms with Crippen molar-refractivity contribution in [3.05, 3.63) is 0 Å². The molecule has 0 bridgehead atoms. The molecule has 0 aromatic heterocycles. The van der Waals surface area contributed by atoms with Crippen molar-refractivity contribution in [3.63, 3.8) is 0 Å². The summed E-state index contributed by atoms with van der Waals surface area (Å²) < 4.78 is 25.9. The van der Waals surface area contributed by atoms with Gasteiger partial charge in [-0.15, -0.1) is 0 Å². The van der Waals surface area contributed by atoms with Crippen molar-refractivity contribution in [3.8, 4) is 0 Å². The second-order valence-electron chi connectivity index (χ2n) is 3.79. The molecule has 0 aromatic carbocycles. The first-order valence-electron chi connectivity index (χ1n) is 4.74. The normalized spacial score (nSPS) is 25.0. The number of hydrogen-bond acceptors (Lipinski definition) is 3. The quantitative estimate of drug-likeness (QED) is 0.687. The molecule has 5 heteroatoms. The van der Waals surface area contributed by atoms with Crippen molar-refractivity contribution in [2.75, 3.05) is 13.1 Å². The maximum Gasteiger partial charge on any atom is 0.215 e. The standard InChI is InChI=1S/C8H18N2O2S/c1-7(2)10-13(11,12)8-4-3-5-9-6-8/h7-10H,3-6H2,1-2H3. The minimum absolute atomic E-state index is 0.00748. The van der Waals surface area contributed by atoms with E-state index in [1.165, 1.54) is 0 Å². The summed E-state index contributed by atoms with van der Waals surface area (Å²) in [4.78, 5) is 0. The lowest BCUT2D eigenvalue weighted by Crippen LogP contribution is -2.46. The van der Waals surface area contributed by atoms with Crippen LogP contribution in [0.4, 0.5) is 0 Å². The number of hydrogen-bond donors (Lipinski definition) is 2. The van der Waals surface area contributed by atoms with Gasteiger partial charge in [0.15, 0.2) is 0 Å². The predicted molar refractivity (Wildman–Crippen MR) is 53.1 cm³/mol. The second kappa shape index (κ2) is 4.39. The lowest BCUT2D eigenvalue weighted by atomic mass is 10.2. The Bertz CT molecular complexity index is 243. The Kier molecular flexibility index (Phi) is 3.70. The fraction of sp³-hybridized carbons (Fsp3) is 1.00. The summed E-state index contributed by atoms with van der Waals surface area (Å²) in [6.45, 7) is 5.21. The van der Waals surface area contributed by atoms with Crippen LogP contribution < -0.4 is 10.0 Å². The zero-order valence-electron chi connectivity index (χ0n) is 8.21. The van der Waals surface area contributed by atoms with Crippen molar-refractivity contribution in [2.45, 2.75) is 38.0 Å². The molecule has 1 rings (SSSR count). The minimum Gasteiger partial charge on any atom is -0.315 e. The Labute approximate surface area is 80.1 Å². The highest BCUT2D eigenvalue weighted by Gasteiger charge is 2.27. The van der Waals surface area contributed by atoms with Crippen molar-refractivity contribution >= 4 is 10.0 Å². The summed E-state index contributed by atoms with van der Waals surface area (Å²) >= 11 is 0. The van der Waals surface area contributed by atoms with Crippen LogP contribution in [0.5, 0.6) is 0 Å². The van der Waals surface area contributed by atoms with E-state index >= 15 is 0 Å². The molecule has 1 aliphatic rings. The first-order chi connectivity index (χ1) is 6.02. The van der Waals surface area contributed by atoms with E-state index in [2.05, 4.69) is 10.0 Å². The predicted octanol–water partition coefficient (Wildman–Crippen LogP) is 0.0662. The first-order valence-corrected chi connectivity index (χ1v) is 6.29. The van der Waals surface area contributed by atoms with Crippen LogP contribution in [0.2, 0.25) is 0 Å². The van der Waals surface area contributed by atoms with Crippen LogP contribution in [0.15, 0.2) is 0 Å². The van der Waals surface area contributed by atoms with Crippen LogP contribution in [0.1, 0.15) is 26.7 Å². The highest BCUT2D eigenvalue weighted by Crippen LogP contribution is 2.10. The van der Waals surface area contributed by atoms with E-state index in [1.54, 1.807) is 0 Å². The average Bonchev–Trinajstić information content (AvgIpc) is 2.04. The van der Waals surface area contributed by atoms with Crippen molar-refractivity contribution in [1.29, 1.82) is 0 Å². The number of rotatable bonds is 3. The lowest BCUT2D eigenvalue weighted by Gasteiger charge is -2.23. The third-order valence-electron chi connectivity index (χ3n) is 2.09. The molecule has 0 saturated carbocycles. The van der Waals surface area contributed by atoms with Gasteiger partial charge >= 0.3 is 0 Å². The molecule has 2 N–H and O–H groups in total. The molecule has 1 aliphatic heterocycles. The van der Waals surface area contributed by atoms with E-state index in [1.807, 2.05) is 13.8 Å². The lowest BCUT2D eigenvalue weighted by molar-refractivity contribution is 0.486. The topological polar surface area (TPSA) is 58.2 Å². The summed E-state index contributed by atoms with van der Waals surface area (Å²) in [6, 6.07) is -0.00748. The minimum atomic E-state index is -3.10. The Morgan fingerprint density at radius 2 is 2.15 bits per heavy atom. The van der Waals surface area contributed by atoms with Crippen LogP contribution in [-0.4, -0.2) is 32.8 Å². The molecule has 1 saturated heterocycles. The van der Waals surface area contributed by atoms with E-state index in [0.717, 1.165) is 19.4 Å². The Morgan fingerprint density at radius 1 is 1.46 bits per heavy atom. The molecule has 13 heavy (non-hydrogen) atoms. The molecular weight excluding hydrogens is 188 g/mol. The molecule has 78 valence electrons. The molecule has 0 spiro atoms. The zero-order valence-corrected chi connectivity index (χ0v) is 9.02. The van der Waals surface area contributed by atoms with Crippen molar-refractivity contribution in [2.24, 2.45) is 0 Å². The molecule has 0 aromatic rings. The van der Waals surface area contributed by atoms with Crippen LogP contribution in [0.25, 0.3) is 0 Å². The molecule has 1 unspecified atom stereocenters. The third-order valence-corrected chi connectivity index (χ3v) is 4.17. The molecule has 1 atom stereocenters. The van der Waals surface area contributed by atoms with Crippen LogP contribution in [0.3, 0.4) is 0 Å².